The average molecular weight is 380 g/mol. The number of carbonyl (C=O) groups is 1. The maximum absolute atomic E-state index is 12.5. The van der Waals surface area contributed by atoms with Crippen LogP contribution in [-0.4, -0.2) is 26.3 Å². The summed E-state index contributed by atoms with van der Waals surface area (Å²) in [5, 5.41) is 7.73. The molecule has 3 aromatic heterocycles. The van der Waals surface area contributed by atoms with Gasteiger partial charge in [0.1, 0.15) is 10.8 Å². The molecule has 0 saturated carbocycles. The van der Waals surface area contributed by atoms with Gasteiger partial charge in [-0.2, -0.15) is 0 Å². The number of aromatic nitrogens is 3. The Balaban J connectivity index is 1.63. The van der Waals surface area contributed by atoms with Gasteiger partial charge in [0.25, 0.3) is 0 Å². The van der Waals surface area contributed by atoms with E-state index in [4.69, 9.17) is 8.94 Å². The second-order valence-corrected chi connectivity index (χ2v) is 7.25. The highest BCUT2D eigenvalue weighted by atomic mass is 32.2. The van der Waals surface area contributed by atoms with Crippen LogP contribution in [0.3, 0.4) is 0 Å². The van der Waals surface area contributed by atoms with Gasteiger partial charge < -0.3 is 14.3 Å². The van der Waals surface area contributed by atoms with Crippen LogP contribution in [0.2, 0.25) is 0 Å². The summed E-state index contributed by atoms with van der Waals surface area (Å²) in [6, 6.07) is 13.0. The molecule has 1 unspecified atom stereocenters. The third kappa shape index (κ3) is 3.70. The van der Waals surface area contributed by atoms with E-state index in [0.29, 0.717) is 28.2 Å². The Kier molecular flexibility index (Phi) is 4.64. The van der Waals surface area contributed by atoms with Crippen LogP contribution in [-0.2, 0) is 4.79 Å². The quantitative estimate of drug-likeness (QED) is 0.407. The molecule has 8 heteroatoms. The number of furan rings is 1. The zero-order chi connectivity index (χ0) is 18.8. The van der Waals surface area contributed by atoms with Crippen LogP contribution in [0, 0.1) is 6.92 Å². The van der Waals surface area contributed by atoms with Crippen LogP contribution in [0.1, 0.15) is 12.7 Å². The molecule has 0 aliphatic carbocycles. The molecule has 7 nitrogen and oxygen atoms in total. The minimum absolute atomic E-state index is 0.185. The molecule has 0 aliphatic heterocycles. The molecular weight excluding hydrogens is 364 g/mol. The predicted octanol–water partition coefficient (Wildman–Crippen LogP) is 4.31. The normalized spacial score (nSPS) is 12.2. The Morgan fingerprint density at radius 2 is 2.04 bits per heavy atom. The minimum atomic E-state index is -0.398. The maximum Gasteiger partial charge on any atom is 0.238 e. The van der Waals surface area contributed by atoms with E-state index in [2.05, 4.69) is 20.4 Å². The summed E-state index contributed by atoms with van der Waals surface area (Å²) < 4.78 is 10.4. The molecule has 1 atom stereocenters. The summed E-state index contributed by atoms with van der Waals surface area (Å²) in [7, 11) is 0. The average Bonchev–Trinajstić information content (AvgIpc) is 3.33. The van der Waals surface area contributed by atoms with Gasteiger partial charge in [0.05, 0.1) is 17.0 Å². The lowest BCUT2D eigenvalue weighted by Crippen LogP contribution is -2.22. The van der Waals surface area contributed by atoms with Crippen molar-refractivity contribution >= 4 is 34.4 Å². The molecule has 1 N–H and O–H groups in total. The lowest BCUT2D eigenvalue weighted by atomic mass is 10.2. The van der Waals surface area contributed by atoms with E-state index in [1.165, 1.54) is 11.8 Å². The third-order valence-electron chi connectivity index (χ3n) is 3.85. The number of fused-ring (bicyclic) bond motifs is 1. The zero-order valence-electron chi connectivity index (χ0n) is 14.7. The lowest BCUT2D eigenvalue weighted by Gasteiger charge is -2.12. The Hall–Kier alpha value is -3.13. The van der Waals surface area contributed by atoms with Gasteiger partial charge in [0.2, 0.25) is 5.91 Å². The molecule has 0 bridgehead atoms. The Bertz CT molecular complexity index is 1090. The number of carbonyl (C=O) groups excluding carboxylic acids is 1. The molecule has 1 aromatic carbocycles. The summed E-state index contributed by atoms with van der Waals surface area (Å²) in [5.74, 6) is 1.92. The van der Waals surface area contributed by atoms with Crippen LogP contribution in [0.25, 0.3) is 22.5 Å². The van der Waals surface area contributed by atoms with E-state index < -0.39 is 5.25 Å². The molecule has 3 heterocycles. The Morgan fingerprint density at radius 3 is 2.78 bits per heavy atom. The van der Waals surface area contributed by atoms with Crippen LogP contribution >= 0.6 is 11.8 Å². The van der Waals surface area contributed by atoms with Gasteiger partial charge in [-0.1, -0.05) is 35.1 Å². The summed E-state index contributed by atoms with van der Waals surface area (Å²) in [6.45, 7) is 3.58. The van der Waals surface area contributed by atoms with E-state index >= 15 is 0 Å². The third-order valence-corrected chi connectivity index (χ3v) is 4.95. The Labute approximate surface area is 159 Å². The second-order valence-electron chi connectivity index (χ2n) is 5.92. The van der Waals surface area contributed by atoms with Crippen LogP contribution in [0.5, 0.6) is 0 Å². The first-order valence-corrected chi connectivity index (χ1v) is 9.19. The van der Waals surface area contributed by atoms with Crippen molar-refractivity contribution in [1.82, 2.24) is 15.1 Å². The molecule has 4 rings (SSSR count). The van der Waals surface area contributed by atoms with Crippen molar-refractivity contribution in [3.05, 3.63) is 54.5 Å². The number of nitrogens with one attached hydrogen (secondary N) is 1. The number of amides is 1. The van der Waals surface area contributed by atoms with Crippen molar-refractivity contribution in [2.75, 3.05) is 5.32 Å². The first-order chi connectivity index (χ1) is 13.1. The predicted molar refractivity (Wildman–Crippen MR) is 102 cm³/mol. The highest BCUT2D eigenvalue weighted by molar-refractivity contribution is 8.00. The first-order valence-electron chi connectivity index (χ1n) is 8.31. The largest absolute Gasteiger partial charge is 0.461 e. The van der Waals surface area contributed by atoms with E-state index in [1.807, 2.05) is 37.3 Å². The molecule has 1 amide bonds. The zero-order valence-corrected chi connectivity index (χ0v) is 15.5. The minimum Gasteiger partial charge on any atom is -0.461 e. The standard InChI is InChI=1S/C19H16N4O3S/c1-11-10-16(23-26-11)21-18(24)12(2)27-19-13-6-3-4-7-14(13)20-17(22-19)15-8-5-9-25-15/h3-10,12H,1-2H3,(H,21,23,24). The van der Waals surface area contributed by atoms with Crippen LogP contribution < -0.4 is 5.32 Å². The van der Waals surface area contributed by atoms with Crippen LogP contribution in [0.15, 0.2) is 62.7 Å². The number of benzene rings is 1. The number of hydrogen-bond acceptors (Lipinski definition) is 7. The number of rotatable bonds is 5. The van der Waals surface area contributed by atoms with Gasteiger partial charge in [0.15, 0.2) is 17.4 Å². The van der Waals surface area contributed by atoms with Gasteiger partial charge in [-0.25, -0.2) is 9.97 Å². The molecule has 0 fully saturated rings. The van der Waals surface area contributed by atoms with Gasteiger partial charge in [0, 0.05) is 11.5 Å². The van der Waals surface area contributed by atoms with E-state index in [-0.39, 0.29) is 5.91 Å². The fraction of sp³-hybridized carbons (Fsp3) is 0.158. The summed E-state index contributed by atoms with van der Waals surface area (Å²) in [4.78, 5) is 21.7. The van der Waals surface area contributed by atoms with E-state index in [0.717, 1.165) is 10.9 Å². The fourth-order valence-corrected chi connectivity index (χ4v) is 3.47. The van der Waals surface area contributed by atoms with Crippen molar-refractivity contribution in [2.45, 2.75) is 24.1 Å². The van der Waals surface area contributed by atoms with Crippen molar-refractivity contribution in [3.8, 4) is 11.6 Å². The van der Waals surface area contributed by atoms with E-state index in [1.54, 1.807) is 25.3 Å². The number of aryl methyl sites for hydroxylation is 1. The topological polar surface area (TPSA) is 94.1 Å². The summed E-state index contributed by atoms with van der Waals surface area (Å²) in [6.07, 6.45) is 1.58. The van der Waals surface area contributed by atoms with Crippen molar-refractivity contribution in [2.24, 2.45) is 0 Å². The SMILES string of the molecule is Cc1cc(NC(=O)C(C)Sc2nc(-c3ccco3)nc3ccccc23)no1. The number of thioether (sulfide) groups is 1. The van der Waals surface area contributed by atoms with Crippen molar-refractivity contribution in [1.29, 1.82) is 0 Å². The molecule has 0 spiro atoms. The fourth-order valence-electron chi connectivity index (χ4n) is 2.53. The molecule has 0 radical (unpaired) electrons. The van der Waals surface area contributed by atoms with Crippen LogP contribution in [0.4, 0.5) is 5.82 Å². The molecule has 27 heavy (non-hydrogen) atoms. The van der Waals surface area contributed by atoms with Gasteiger partial charge in [-0.3, -0.25) is 4.79 Å². The van der Waals surface area contributed by atoms with E-state index in [9.17, 15) is 4.79 Å². The number of anilines is 1. The number of nitrogens with zero attached hydrogens (tertiary/aromatic N) is 3. The molecule has 4 aromatic rings. The maximum atomic E-state index is 12.5. The molecular formula is C19H16N4O3S. The summed E-state index contributed by atoms with van der Waals surface area (Å²) >= 11 is 1.36. The lowest BCUT2D eigenvalue weighted by molar-refractivity contribution is -0.115. The monoisotopic (exact) mass is 380 g/mol. The smallest absolute Gasteiger partial charge is 0.238 e. The molecule has 136 valence electrons. The second kappa shape index (κ2) is 7.24. The van der Waals surface area contributed by atoms with Crippen molar-refractivity contribution < 1.29 is 13.7 Å². The molecule has 0 aliphatic rings. The summed E-state index contributed by atoms with van der Waals surface area (Å²) in [5.41, 5.74) is 0.793. The number of hydrogen-bond donors (Lipinski definition) is 1. The first kappa shape index (κ1) is 17.3. The Morgan fingerprint density at radius 1 is 1.19 bits per heavy atom. The number of para-hydroxylation sites is 1. The highest BCUT2D eigenvalue weighted by Gasteiger charge is 2.20. The van der Waals surface area contributed by atoms with Gasteiger partial charge >= 0.3 is 0 Å². The van der Waals surface area contributed by atoms with Gasteiger partial charge in [-0.15, -0.1) is 0 Å². The van der Waals surface area contributed by atoms with Gasteiger partial charge in [-0.05, 0) is 32.0 Å². The molecule has 0 saturated heterocycles. The highest BCUT2D eigenvalue weighted by Crippen LogP contribution is 2.31. The van der Waals surface area contributed by atoms with Crippen molar-refractivity contribution in [3.63, 3.8) is 0 Å².